The maximum absolute atomic E-state index is 12.8. The Morgan fingerprint density at radius 1 is 1.09 bits per heavy atom. The Balaban J connectivity index is 1.49. The fourth-order valence-electron chi connectivity index (χ4n) is 3.76. The molecule has 0 fully saturated rings. The van der Waals surface area contributed by atoms with Crippen LogP contribution in [0.1, 0.15) is 16.7 Å². The van der Waals surface area contributed by atoms with Gasteiger partial charge in [0.15, 0.2) is 11.5 Å². The molecule has 3 aromatic carbocycles. The van der Waals surface area contributed by atoms with Crippen LogP contribution in [0.25, 0.3) is 23.0 Å². The topological polar surface area (TPSA) is 89.2 Å². The van der Waals surface area contributed by atoms with Crippen molar-refractivity contribution in [1.82, 2.24) is 15.1 Å². The van der Waals surface area contributed by atoms with E-state index in [1.54, 1.807) is 17.0 Å². The molecule has 0 bridgehead atoms. The molecule has 0 saturated heterocycles. The van der Waals surface area contributed by atoms with Crippen LogP contribution in [0.15, 0.2) is 84.6 Å². The van der Waals surface area contributed by atoms with Gasteiger partial charge in [0.25, 0.3) is 5.91 Å². The van der Waals surface area contributed by atoms with Crippen molar-refractivity contribution in [3.8, 4) is 34.5 Å². The van der Waals surface area contributed by atoms with E-state index in [-0.39, 0.29) is 12.4 Å². The van der Waals surface area contributed by atoms with Crippen molar-refractivity contribution in [2.24, 2.45) is 0 Å². The number of nitrogens with one attached hydrogen (secondary N) is 1. The number of aryl methyl sites for hydroxylation is 1. The van der Waals surface area contributed by atoms with Crippen LogP contribution >= 0.6 is 0 Å². The van der Waals surface area contributed by atoms with Crippen LogP contribution in [0.4, 0.5) is 0 Å². The number of aromatic nitrogens is 2. The number of rotatable bonds is 6. The van der Waals surface area contributed by atoms with Gasteiger partial charge < -0.3 is 14.8 Å². The van der Waals surface area contributed by atoms with E-state index in [0.717, 1.165) is 22.4 Å². The number of hydrogen-bond acceptors (Lipinski definition) is 5. The summed E-state index contributed by atoms with van der Waals surface area (Å²) in [5, 5.41) is 17.3. The second-order valence-corrected chi connectivity index (χ2v) is 8.12. The third-order valence-corrected chi connectivity index (χ3v) is 5.65. The minimum Gasteiger partial charge on any atom is -0.454 e. The zero-order chi connectivity index (χ0) is 24.2. The highest BCUT2D eigenvalue weighted by Gasteiger charge is 2.19. The van der Waals surface area contributed by atoms with Gasteiger partial charge >= 0.3 is 0 Å². The lowest BCUT2D eigenvalue weighted by molar-refractivity contribution is -0.117. The van der Waals surface area contributed by atoms with E-state index in [9.17, 15) is 10.1 Å². The number of ether oxygens (including phenoxy) is 2. The molecule has 7 heteroatoms. The van der Waals surface area contributed by atoms with Crippen molar-refractivity contribution in [3.05, 3.63) is 101 Å². The molecule has 172 valence electrons. The average Bonchev–Trinajstić information content (AvgIpc) is 3.54. The first kappa shape index (κ1) is 22.0. The smallest absolute Gasteiger partial charge is 0.262 e. The van der Waals surface area contributed by atoms with Gasteiger partial charge in [0, 0.05) is 23.9 Å². The molecule has 0 unspecified atom stereocenters. The second-order valence-electron chi connectivity index (χ2n) is 8.12. The van der Waals surface area contributed by atoms with E-state index in [1.807, 2.05) is 85.8 Å². The van der Waals surface area contributed by atoms with E-state index >= 15 is 0 Å². The van der Waals surface area contributed by atoms with Gasteiger partial charge in [0.05, 0.1) is 5.69 Å². The van der Waals surface area contributed by atoms with Crippen molar-refractivity contribution in [3.63, 3.8) is 0 Å². The highest BCUT2D eigenvalue weighted by Crippen LogP contribution is 2.37. The number of carbonyl (C=O) groups excluding carboxylic acids is 1. The van der Waals surface area contributed by atoms with E-state index < -0.39 is 5.91 Å². The molecule has 0 radical (unpaired) electrons. The summed E-state index contributed by atoms with van der Waals surface area (Å²) in [6, 6.07) is 25.1. The van der Waals surface area contributed by atoms with Gasteiger partial charge in [-0.2, -0.15) is 10.4 Å². The molecule has 7 nitrogen and oxygen atoms in total. The quantitative estimate of drug-likeness (QED) is 0.328. The van der Waals surface area contributed by atoms with Gasteiger partial charge in [-0.3, -0.25) is 4.79 Å². The molecule has 0 aliphatic carbocycles. The normalized spacial score (nSPS) is 12.3. The lowest BCUT2D eigenvalue weighted by Crippen LogP contribution is -2.23. The Kier molecular flexibility index (Phi) is 6.01. The molecule has 1 aliphatic heterocycles. The van der Waals surface area contributed by atoms with Gasteiger partial charge in [0.1, 0.15) is 17.3 Å². The Bertz CT molecular complexity index is 1450. The molecule has 4 aromatic rings. The molecule has 0 spiro atoms. The van der Waals surface area contributed by atoms with Crippen molar-refractivity contribution < 1.29 is 14.3 Å². The minimum atomic E-state index is -0.447. The first-order chi connectivity index (χ1) is 17.1. The monoisotopic (exact) mass is 462 g/mol. The predicted molar refractivity (Wildman–Crippen MR) is 132 cm³/mol. The van der Waals surface area contributed by atoms with Gasteiger partial charge in [-0.1, -0.05) is 48.0 Å². The summed E-state index contributed by atoms with van der Waals surface area (Å²) in [6.07, 6.45) is 3.37. The maximum atomic E-state index is 12.8. The number of fused-ring (bicyclic) bond motifs is 1. The molecule has 35 heavy (non-hydrogen) atoms. The van der Waals surface area contributed by atoms with E-state index in [1.165, 1.54) is 0 Å². The summed E-state index contributed by atoms with van der Waals surface area (Å²) in [6.45, 7) is 2.51. The summed E-state index contributed by atoms with van der Waals surface area (Å²) >= 11 is 0. The summed E-state index contributed by atoms with van der Waals surface area (Å²) in [5.41, 5.74) is 4.99. The zero-order valence-electron chi connectivity index (χ0n) is 19.1. The highest BCUT2D eigenvalue weighted by atomic mass is 16.7. The molecule has 1 N–H and O–H groups in total. The number of para-hydroxylation sites is 1. The molecular weight excluding hydrogens is 440 g/mol. The zero-order valence-corrected chi connectivity index (χ0v) is 19.1. The van der Waals surface area contributed by atoms with E-state index in [0.29, 0.717) is 29.3 Å². The molecule has 1 aromatic heterocycles. The Hall–Kier alpha value is -4.83. The average molecular weight is 463 g/mol. The van der Waals surface area contributed by atoms with Gasteiger partial charge in [-0.25, -0.2) is 4.68 Å². The van der Waals surface area contributed by atoms with Crippen LogP contribution < -0.4 is 14.8 Å². The van der Waals surface area contributed by atoms with Crippen molar-refractivity contribution in [2.45, 2.75) is 13.5 Å². The van der Waals surface area contributed by atoms with Gasteiger partial charge in [-0.15, -0.1) is 0 Å². The largest absolute Gasteiger partial charge is 0.454 e. The lowest BCUT2D eigenvalue weighted by Gasteiger charge is -2.05. The minimum absolute atomic E-state index is 0.00767. The SMILES string of the molecule is Cc1ccc(CNC(=O)/C(C#N)=C/c2cn(-c3ccccc3)nc2-c2ccc3c(c2)OCO3)cc1. The maximum Gasteiger partial charge on any atom is 0.262 e. The Labute approximate surface area is 202 Å². The molecule has 1 amide bonds. The highest BCUT2D eigenvalue weighted by molar-refractivity contribution is 6.02. The second kappa shape index (κ2) is 9.57. The summed E-state index contributed by atoms with van der Waals surface area (Å²) in [7, 11) is 0. The molecule has 2 heterocycles. The number of amides is 1. The summed E-state index contributed by atoms with van der Waals surface area (Å²) in [4.78, 5) is 12.8. The first-order valence-electron chi connectivity index (χ1n) is 11.1. The van der Waals surface area contributed by atoms with Crippen LogP contribution in [-0.2, 0) is 11.3 Å². The number of hydrogen-bond donors (Lipinski definition) is 1. The van der Waals surface area contributed by atoms with Crippen LogP contribution in [-0.4, -0.2) is 22.5 Å². The van der Waals surface area contributed by atoms with Crippen LogP contribution in [0, 0.1) is 18.3 Å². The number of nitrogens with zero attached hydrogens (tertiary/aromatic N) is 3. The third kappa shape index (κ3) is 4.77. The summed E-state index contributed by atoms with van der Waals surface area (Å²) < 4.78 is 12.7. The van der Waals surface area contributed by atoms with Crippen LogP contribution in [0.5, 0.6) is 11.5 Å². The first-order valence-corrected chi connectivity index (χ1v) is 11.1. The van der Waals surface area contributed by atoms with Gasteiger partial charge in [0.2, 0.25) is 6.79 Å². The number of nitriles is 1. The van der Waals surface area contributed by atoms with Gasteiger partial charge in [-0.05, 0) is 48.9 Å². The van der Waals surface area contributed by atoms with Crippen molar-refractivity contribution in [2.75, 3.05) is 6.79 Å². The van der Waals surface area contributed by atoms with E-state index in [2.05, 4.69) is 5.32 Å². The Morgan fingerprint density at radius 2 is 1.86 bits per heavy atom. The lowest BCUT2D eigenvalue weighted by atomic mass is 10.1. The molecule has 1 aliphatic rings. The summed E-state index contributed by atoms with van der Waals surface area (Å²) in [5.74, 6) is 0.849. The Morgan fingerprint density at radius 3 is 2.63 bits per heavy atom. The fourth-order valence-corrected chi connectivity index (χ4v) is 3.76. The fraction of sp³-hybridized carbons (Fsp3) is 0.107. The number of carbonyl (C=O) groups is 1. The third-order valence-electron chi connectivity index (χ3n) is 5.65. The van der Waals surface area contributed by atoms with Crippen molar-refractivity contribution in [1.29, 1.82) is 5.26 Å². The standard InChI is InChI=1S/C28H22N4O3/c1-19-7-9-20(10-8-19)16-30-28(33)22(15-29)13-23-17-32(24-5-3-2-4-6-24)31-27(23)21-11-12-25-26(14-21)35-18-34-25/h2-14,17H,16,18H2,1H3,(H,30,33)/b22-13+. The van der Waals surface area contributed by atoms with Crippen LogP contribution in [0.3, 0.4) is 0 Å². The molecule has 5 rings (SSSR count). The van der Waals surface area contributed by atoms with Crippen molar-refractivity contribution >= 4 is 12.0 Å². The van der Waals surface area contributed by atoms with E-state index in [4.69, 9.17) is 14.6 Å². The molecule has 0 atom stereocenters. The molecule has 0 saturated carbocycles. The number of benzene rings is 3. The van der Waals surface area contributed by atoms with Crippen LogP contribution in [0.2, 0.25) is 0 Å². The molecular formula is C28H22N4O3. The predicted octanol–water partition coefficient (Wildman–Crippen LogP) is 4.80.